The molecule has 1 aliphatic rings. The van der Waals surface area contributed by atoms with E-state index >= 15 is 0 Å². The van der Waals surface area contributed by atoms with E-state index in [-0.39, 0.29) is 24.4 Å². The maximum Gasteiger partial charge on any atom is 0.262 e. The average Bonchev–Trinajstić information content (AvgIpc) is 3.27. The monoisotopic (exact) mass is 444 g/mol. The van der Waals surface area contributed by atoms with Gasteiger partial charge in [-0.2, -0.15) is 0 Å². The molecule has 0 aliphatic heterocycles. The summed E-state index contributed by atoms with van der Waals surface area (Å²) in [4.78, 5) is 36.3. The number of nitrogens with zero attached hydrogens (tertiary/aromatic N) is 3. The predicted octanol–water partition coefficient (Wildman–Crippen LogP) is 4.63. The van der Waals surface area contributed by atoms with Crippen LogP contribution in [0.4, 0.5) is 5.13 Å². The van der Waals surface area contributed by atoms with Crippen LogP contribution >= 0.6 is 34.3 Å². The summed E-state index contributed by atoms with van der Waals surface area (Å²) in [7, 11) is 0. The fourth-order valence-corrected chi connectivity index (χ4v) is 6.07. The highest BCUT2D eigenvalue weighted by atomic mass is 35.5. The summed E-state index contributed by atoms with van der Waals surface area (Å²) >= 11 is 9.01. The van der Waals surface area contributed by atoms with Gasteiger partial charge in [-0.1, -0.05) is 22.9 Å². The van der Waals surface area contributed by atoms with Crippen LogP contribution in [0.3, 0.4) is 0 Å². The van der Waals surface area contributed by atoms with Crippen molar-refractivity contribution in [3.63, 3.8) is 0 Å². The third-order valence-electron chi connectivity index (χ3n) is 5.12. The van der Waals surface area contributed by atoms with Crippen LogP contribution in [-0.4, -0.2) is 20.4 Å². The number of aryl methyl sites for hydroxylation is 3. The van der Waals surface area contributed by atoms with Crippen molar-refractivity contribution >= 4 is 65.7 Å². The topological polar surface area (TPSA) is 76.9 Å². The molecule has 3 heterocycles. The van der Waals surface area contributed by atoms with Crippen LogP contribution in [0.25, 0.3) is 20.4 Å². The Kier molecular flexibility index (Phi) is 4.85. The molecular weight excluding hydrogens is 428 g/mol. The number of thiazole rings is 1. The first kappa shape index (κ1) is 18.7. The molecule has 0 saturated heterocycles. The lowest BCUT2D eigenvalue weighted by atomic mass is 9.97. The number of amides is 1. The SMILES string of the molecule is O=C(CCn1cnc2sc3c(c2c1=O)CCCC3)Nc1nc2ccc(Cl)cc2s1. The Balaban J connectivity index is 1.32. The minimum absolute atomic E-state index is 0.0446. The molecule has 4 aromatic rings. The van der Waals surface area contributed by atoms with Gasteiger partial charge in [0.15, 0.2) is 5.13 Å². The lowest BCUT2D eigenvalue weighted by Gasteiger charge is -2.10. The van der Waals surface area contributed by atoms with Crippen LogP contribution in [0.2, 0.25) is 5.02 Å². The number of halogens is 1. The van der Waals surface area contributed by atoms with Gasteiger partial charge in [0.05, 0.1) is 21.9 Å². The first-order valence-electron chi connectivity index (χ1n) is 9.44. The number of hydrogen-bond donors (Lipinski definition) is 1. The molecule has 0 atom stereocenters. The Labute approximate surface area is 179 Å². The third-order valence-corrected chi connectivity index (χ3v) is 7.49. The van der Waals surface area contributed by atoms with E-state index in [1.54, 1.807) is 28.3 Å². The molecule has 0 fully saturated rings. The van der Waals surface area contributed by atoms with Gasteiger partial charge in [-0.3, -0.25) is 14.2 Å². The van der Waals surface area contributed by atoms with Gasteiger partial charge < -0.3 is 5.32 Å². The normalized spacial score (nSPS) is 13.7. The number of rotatable bonds is 4. The Morgan fingerprint density at radius 1 is 1.24 bits per heavy atom. The van der Waals surface area contributed by atoms with Crippen LogP contribution in [0.15, 0.2) is 29.3 Å². The lowest BCUT2D eigenvalue weighted by molar-refractivity contribution is -0.116. The van der Waals surface area contributed by atoms with E-state index in [4.69, 9.17) is 11.6 Å². The number of thiophene rings is 1. The first-order chi connectivity index (χ1) is 14.1. The van der Waals surface area contributed by atoms with Crippen LogP contribution in [0.1, 0.15) is 29.7 Å². The minimum atomic E-state index is -0.186. The number of benzene rings is 1. The van der Waals surface area contributed by atoms with Crippen molar-refractivity contribution in [2.75, 3.05) is 5.32 Å². The first-order valence-corrected chi connectivity index (χ1v) is 11.5. The molecule has 0 saturated carbocycles. The van der Waals surface area contributed by atoms with Gasteiger partial charge in [-0.05, 0) is 49.4 Å². The molecule has 29 heavy (non-hydrogen) atoms. The Morgan fingerprint density at radius 2 is 2.10 bits per heavy atom. The molecule has 0 radical (unpaired) electrons. The fourth-order valence-electron chi connectivity index (χ4n) is 3.70. The van der Waals surface area contributed by atoms with Crippen molar-refractivity contribution in [3.05, 3.63) is 50.3 Å². The molecule has 1 amide bonds. The van der Waals surface area contributed by atoms with Crippen molar-refractivity contribution < 1.29 is 4.79 Å². The quantitative estimate of drug-likeness (QED) is 0.498. The Bertz CT molecular complexity index is 1310. The van der Waals surface area contributed by atoms with E-state index < -0.39 is 0 Å². The minimum Gasteiger partial charge on any atom is -0.302 e. The highest BCUT2D eigenvalue weighted by Crippen LogP contribution is 2.33. The molecule has 3 aromatic heterocycles. The number of carbonyl (C=O) groups is 1. The fraction of sp³-hybridized carbons (Fsp3) is 0.300. The van der Waals surface area contributed by atoms with Crippen molar-refractivity contribution in [1.82, 2.24) is 14.5 Å². The number of aromatic nitrogens is 3. The third kappa shape index (κ3) is 3.56. The van der Waals surface area contributed by atoms with Gasteiger partial charge in [0.1, 0.15) is 4.83 Å². The number of anilines is 1. The number of fused-ring (bicyclic) bond motifs is 4. The maximum absolute atomic E-state index is 13.0. The molecule has 1 aromatic carbocycles. The van der Waals surface area contributed by atoms with Crippen molar-refractivity contribution in [3.8, 4) is 0 Å². The van der Waals surface area contributed by atoms with Gasteiger partial charge >= 0.3 is 0 Å². The smallest absolute Gasteiger partial charge is 0.262 e. The van der Waals surface area contributed by atoms with Crippen molar-refractivity contribution in [1.29, 1.82) is 0 Å². The van der Waals surface area contributed by atoms with E-state index in [1.165, 1.54) is 28.2 Å². The standard InChI is InChI=1S/C20H17ClN4O2S2/c21-11-5-6-13-15(9-11)29-20(23-13)24-16(26)7-8-25-10-22-18-17(19(25)27)12-3-1-2-4-14(12)28-18/h5-6,9-10H,1-4,7-8H2,(H,23,24,26). The van der Waals surface area contributed by atoms with Gasteiger partial charge in [-0.25, -0.2) is 9.97 Å². The van der Waals surface area contributed by atoms with Crippen LogP contribution in [0.5, 0.6) is 0 Å². The molecule has 1 aliphatic carbocycles. The molecule has 0 unspecified atom stereocenters. The van der Waals surface area contributed by atoms with E-state index in [0.29, 0.717) is 10.2 Å². The van der Waals surface area contributed by atoms with Gasteiger partial charge in [0.2, 0.25) is 5.91 Å². The second-order valence-corrected chi connectivity index (χ2v) is 9.61. The molecular formula is C20H17ClN4O2S2. The molecule has 9 heteroatoms. The maximum atomic E-state index is 13.0. The van der Waals surface area contributed by atoms with Crippen molar-refractivity contribution in [2.24, 2.45) is 0 Å². The summed E-state index contributed by atoms with van der Waals surface area (Å²) < 4.78 is 2.46. The van der Waals surface area contributed by atoms with Gasteiger partial charge in [-0.15, -0.1) is 11.3 Å². The highest BCUT2D eigenvalue weighted by Gasteiger charge is 2.20. The second kappa shape index (κ2) is 7.51. The van der Waals surface area contributed by atoms with E-state index in [2.05, 4.69) is 15.3 Å². The number of nitrogens with one attached hydrogen (secondary N) is 1. The Morgan fingerprint density at radius 3 is 3.00 bits per heavy atom. The van der Waals surface area contributed by atoms with E-state index in [9.17, 15) is 9.59 Å². The lowest BCUT2D eigenvalue weighted by Crippen LogP contribution is -2.24. The second-order valence-electron chi connectivity index (χ2n) is 7.06. The summed E-state index contributed by atoms with van der Waals surface area (Å²) in [6.45, 7) is 0.287. The zero-order valence-corrected chi connectivity index (χ0v) is 17.8. The number of hydrogen-bond acceptors (Lipinski definition) is 6. The summed E-state index contributed by atoms with van der Waals surface area (Å²) in [5.74, 6) is -0.186. The van der Waals surface area contributed by atoms with Crippen molar-refractivity contribution in [2.45, 2.75) is 38.6 Å². The summed E-state index contributed by atoms with van der Waals surface area (Å²) in [6.07, 6.45) is 5.99. The van der Waals surface area contributed by atoms with E-state index in [0.717, 1.165) is 39.7 Å². The largest absolute Gasteiger partial charge is 0.302 e. The van der Waals surface area contributed by atoms with Gasteiger partial charge in [0.25, 0.3) is 5.56 Å². The highest BCUT2D eigenvalue weighted by molar-refractivity contribution is 7.22. The summed E-state index contributed by atoms with van der Waals surface area (Å²) in [5, 5.41) is 4.72. The zero-order chi connectivity index (χ0) is 20.0. The van der Waals surface area contributed by atoms with Gasteiger partial charge in [0, 0.05) is 22.9 Å². The van der Waals surface area contributed by atoms with E-state index in [1.807, 2.05) is 12.1 Å². The Hall–Kier alpha value is -2.29. The zero-order valence-electron chi connectivity index (χ0n) is 15.4. The van der Waals surface area contributed by atoms with Crippen LogP contribution in [-0.2, 0) is 24.2 Å². The average molecular weight is 445 g/mol. The van der Waals surface area contributed by atoms with Crippen LogP contribution < -0.4 is 10.9 Å². The van der Waals surface area contributed by atoms with Crippen LogP contribution in [0, 0.1) is 0 Å². The molecule has 0 bridgehead atoms. The molecule has 148 valence electrons. The summed E-state index contributed by atoms with van der Waals surface area (Å²) in [6, 6.07) is 5.42. The predicted molar refractivity (Wildman–Crippen MR) is 118 cm³/mol. The molecule has 1 N–H and O–H groups in total. The molecule has 6 nitrogen and oxygen atoms in total. The number of carbonyl (C=O) groups excluding carboxylic acids is 1. The summed E-state index contributed by atoms with van der Waals surface area (Å²) in [5.41, 5.74) is 1.92. The molecule has 0 spiro atoms. The molecule has 5 rings (SSSR count).